The van der Waals surface area contributed by atoms with Crippen LogP contribution in [0.15, 0.2) is 24.3 Å². The highest BCUT2D eigenvalue weighted by Crippen LogP contribution is 2.17. The van der Waals surface area contributed by atoms with E-state index in [1.54, 1.807) is 6.07 Å². The molecule has 0 unspecified atom stereocenters. The Morgan fingerprint density at radius 3 is 2.73 bits per heavy atom. The number of rotatable bonds is 4. The minimum Gasteiger partial charge on any atom is -0.481 e. The minimum absolute atomic E-state index is 0.338. The zero-order valence-electron chi connectivity index (χ0n) is 8.55. The Morgan fingerprint density at radius 1 is 1.53 bits per heavy atom. The molecule has 4 nitrogen and oxygen atoms in total. The van der Waals surface area contributed by atoms with Crippen molar-refractivity contribution in [2.75, 3.05) is 0 Å². The van der Waals surface area contributed by atoms with E-state index in [2.05, 4.69) is 0 Å². The van der Waals surface area contributed by atoms with Gasteiger partial charge in [-0.2, -0.15) is 0 Å². The maximum Gasteiger partial charge on any atom is 0.306 e. The fraction of sp³-hybridized carbons (Fsp3) is 0.364. The van der Waals surface area contributed by atoms with Crippen molar-refractivity contribution in [3.05, 3.63) is 35.4 Å². The van der Waals surface area contributed by atoms with E-state index < -0.39 is 18.1 Å². The van der Waals surface area contributed by atoms with Gasteiger partial charge in [0.05, 0.1) is 18.6 Å². The summed E-state index contributed by atoms with van der Waals surface area (Å²) in [7, 11) is 0. The second-order valence-corrected chi connectivity index (χ2v) is 3.61. The molecule has 0 radical (unpaired) electrons. The van der Waals surface area contributed by atoms with Crippen LogP contribution < -0.4 is 5.73 Å². The van der Waals surface area contributed by atoms with E-state index in [1.807, 2.05) is 25.1 Å². The Kier molecular flexibility index (Phi) is 3.82. The second kappa shape index (κ2) is 4.91. The molecule has 1 rings (SSSR count). The van der Waals surface area contributed by atoms with Gasteiger partial charge in [0.25, 0.3) is 0 Å². The Labute approximate surface area is 88.3 Å². The van der Waals surface area contributed by atoms with Crippen LogP contribution in [0.4, 0.5) is 0 Å². The number of hydrogen-bond acceptors (Lipinski definition) is 3. The van der Waals surface area contributed by atoms with Gasteiger partial charge >= 0.3 is 5.97 Å². The summed E-state index contributed by atoms with van der Waals surface area (Å²) >= 11 is 0. The largest absolute Gasteiger partial charge is 0.481 e. The van der Waals surface area contributed by atoms with Gasteiger partial charge in [0.2, 0.25) is 0 Å². The third-order valence-electron chi connectivity index (χ3n) is 2.23. The van der Waals surface area contributed by atoms with Crippen molar-refractivity contribution in [2.45, 2.75) is 25.5 Å². The summed E-state index contributed by atoms with van der Waals surface area (Å²) < 4.78 is 0. The molecule has 0 heterocycles. The number of benzene rings is 1. The zero-order chi connectivity index (χ0) is 11.4. The summed E-state index contributed by atoms with van der Waals surface area (Å²) in [5.41, 5.74) is 7.53. The maximum atomic E-state index is 10.4. The molecule has 0 aromatic heterocycles. The molecule has 0 saturated heterocycles. The van der Waals surface area contributed by atoms with Crippen molar-refractivity contribution in [3.8, 4) is 0 Å². The molecule has 4 heteroatoms. The molecule has 0 spiro atoms. The third-order valence-corrected chi connectivity index (χ3v) is 2.23. The molecule has 2 atom stereocenters. The van der Waals surface area contributed by atoms with Crippen molar-refractivity contribution in [1.29, 1.82) is 0 Å². The van der Waals surface area contributed by atoms with E-state index in [9.17, 15) is 9.90 Å². The monoisotopic (exact) mass is 209 g/mol. The first-order valence-electron chi connectivity index (χ1n) is 4.72. The van der Waals surface area contributed by atoms with Crippen LogP contribution in [0.1, 0.15) is 23.6 Å². The van der Waals surface area contributed by atoms with Crippen LogP contribution >= 0.6 is 0 Å². The Hall–Kier alpha value is -1.39. The standard InChI is InChI=1S/C11H15NO3/c1-7-3-2-4-8(5-7)11(12)9(13)6-10(14)15/h2-5,9,11,13H,6,12H2,1H3,(H,14,15)/t9-,11+/m1/s1. The summed E-state index contributed by atoms with van der Waals surface area (Å²) in [6.45, 7) is 1.92. The van der Waals surface area contributed by atoms with Gasteiger partial charge in [0.15, 0.2) is 0 Å². The second-order valence-electron chi connectivity index (χ2n) is 3.61. The summed E-state index contributed by atoms with van der Waals surface area (Å²) in [6, 6.07) is 6.72. The first-order chi connectivity index (χ1) is 7.00. The van der Waals surface area contributed by atoms with Crippen LogP contribution in [0.3, 0.4) is 0 Å². The van der Waals surface area contributed by atoms with Gasteiger partial charge in [-0.05, 0) is 12.5 Å². The number of aryl methyl sites for hydroxylation is 1. The molecule has 4 N–H and O–H groups in total. The molecule has 0 saturated carbocycles. The highest BCUT2D eigenvalue weighted by atomic mass is 16.4. The maximum absolute atomic E-state index is 10.4. The van der Waals surface area contributed by atoms with Gasteiger partial charge in [0.1, 0.15) is 0 Å². The third kappa shape index (κ3) is 3.34. The highest BCUT2D eigenvalue weighted by molar-refractivity contribution is 5.67. The average molecular weight is 209 g/mol. The van der Waals surface area contributed by atoms with Crippen molar-refractivity contribution in [2.24, 2.45) is 5.73 Å². The first kappa shape index (κ1) is 11.7. The lowest BCUT2D eigenvalue weighted by atomic mass is 9.99. The zero-order valence-corrected chi connectivity index (χ0v) is 8.55. The van der Waals surface area contributed by atoms with Gasteiger partial charge < -0.3 is 15.9 Å². The van der Waals surface area contributed by atoms with Gasteiger partial charge in [-0.15, -0.1) is 0 Å². The summed E-state index contributed by atoms with van der Waals surface area (Å²) in [5, 5.41) is 18.0. The predicted molar refractivity (Wildman–Crippen MR) is 56.4 cm³/mol. The number of aliphatic hydroxyl groups is 1. The molecule has 0 aliphatic rings. The molecule has 0 aliphatic heterocycles. The summed E-state index contributed by atoms with van der Waals surface area (Å²) in [5.74, 6) is -1.05. The van der Waals surface area contributed by atoms with E-state index in [4.69, 9.17) is 10.8 Å². The van der Waals surface area contributed by atoms with Crippen LogP contribution in [0.25, 0.3) is 0 Å². The molecular weight excluding hydrogens is 194 g/mol. The Balaban J connectivity index is 2.75. The number of carbonyl (C=O) groups is 1. The summed E-state index contributed by atoms with van der Waals surface area (Å²) in [6.07, 6.45) is -1.39. The fourth-order valence-corrected chi connectivity index (χ4v) is 1.41. The SMILES string of the molecule is Cc1cccc([C@H](N)[C@H](O)CC(=O)O)c1. The summed E-state index contributed by atoms with van der Waals surface area (Å²) in [4.78, 5) is 10.4. The Bertz CT molecular complexity index is 351. The molecule has 1 aromatic rings. The fourth-order valence-electron chi connectivity index (χ4n) is 1.41. The molecule has 15 heavy (non-hydrogen) atoms. The van der Waals surface area contributed by atoms with Gasteiger partial charge in [-0.3, -0.25) is 4.79 Å². The van der Waals surface area contributed by atoms with E-state index >= 15 is 0 Å². The molecule has 0 aliphatic carbocycles. The van der Waals surface area contributed by atoms with Crippen molar-refractivity contribution >= 4 is 5.97 Å². The number of aliphatic hydroxyl groups excluding tert-OH is 1. The predicted octanol–water partition coefficient (Wildman–Crippen LogP) is 0.830. The normalized spacial score (nSPS) is 14.6. The number of aliphatic carboxylic acids is 1. The molecule has 0 fully saturated rings. The Morgan fingerprint density at radius 2 is 2.20 bits per heavy atom. The van der Waals surface area contributed by atoms with Gasteiger partial charge in [-0.1, -0.05) is 29.8 Å². The van der Waals surface area contributed by atoms with E-state index in [1.165, 1.54) is 0 Å². The lowest BCUT2D eigenvalue weighted by Gasteiger charge is -2.17. The van der Waals surface area contributed by atoms with Crippen LogP contribution in [-0.2, 0) is 4.79 Å². The lowest BCUT2D eigenvalue weighted by molar-refractivity contribution is -0.139. The van der Waals surface area contributed by atoms with Crippen molar-refractivity contribution in [3.63, 3.8) is 0 Å². The van der Waals surface area contributed by atoms with Crippen molar-refractivity contribution in [1.82, 2.24) is 0 Å². The van der Waals surface area contributed by atoms with E-state index in [-0.39, 0.29) is 6.42 Å². The van der Waals surface area contributed by atoms with Crippen LogP contribution in [0.2, 0.25) is 0 Å². The van der Waals surface area contributed by atoms with Gasteiger partial charge in [0, 0.05) is 0 Å². The minimum atomic E-state index is -1.05. The van der Waals surface area contributed by atoms with Crippen LogP contribution in [-0.4, -0.2) is 22.3 Å². The molecule has 1 aromatic carbocycles. The molecule has 82 valence electrons. The van der Waals surface area contributed by atoms with E-state index in [0.29, 0.717) is 0 Å². The molecular formula is C11H15NO3. The van der Waals surface area contributed by atoms with Gasteiger partial charge in [-0.25, -0.2) is 0 Å². The van der Waals surface area contributed by atoms with Crippen LogP contribution in [0.5, 0.6) is 0 Å². The van der Waals surface area contributed by atoms with Crippen molar-refractivity contribution < 1.29 is 15.0 Å². The number of carboxylic acids is 1. The van der Waals surface area contributed by atoms with E-state index in [0.717, 1.165) is 11.1 Å². The number of nitrogens with two attached hydrogens (primary N) is 1. The lowest BCUT2D eigenvalue weighted by Crippen LogP contribution is -2.28. The number of hydrogen-bond donors (Lipinski definition) is 3. The molecule has 0 amide bonds. The smallest absolute Gasteiger partial charge is 0.306 e. The molecule has 0 bridgehead atoms. The quantitative estimate of drug-likeness (QED) is 0.685. The van der Waals surface area contributed by atoms with Crippen LogP contribution in [0, 0.1) is 6.92 Å². The first-order valence-corrected chi connectivity index (χ1v) is 4.72. The highest BCUT2D eigenvalue weighted by Gasteiger charge is 2.19. The number of carboxylic acid groups (broad SMARTS) is 1. The topological polar surface area (TPSA) is 83.5 Å². The average Bonchev–Trinajstić information content (AvgIpc) is 2.15.